The van der Waals surface area contributed by atoms with Gasteiger partial charge in [0.15, 0.2) is 5.75 Å². The van der Waals surface area contributed by atoms with Gasteiger partial charge in [0, 0.05) is 36.7 Å². The SMILES string of the molecule is CCCCNc1cc(C(=S)N2CCSCC2)cc(S(N)(=O)=O)c1Oc1ccccc1. The molecular weight excluding hydrogens is 438 g/mol. The summed E-state index contributed by atoms with van der Waals surface area (Å²) in [6, 6.07) is 12.5. The molecule has 0 radical (unpaired) electrons. The smallest absolute Gasteiger partial charge is 0.241 e. The van der Waals surface area contributed by atoms with Crippen LogP contribution in [0.4, 0.5) is 5.69 Å². The third-order valence-electron chi connectivity index (χ3n) is 4.72. The highest BCUT2D eigenvalue weighted by atomic mass is 32.2. The van der Waals surface area contributed by atoms with E-state index in [1.807, 2.05) is 36.0 Å². The van der Waals surface area contributed by atoms with E-state index in [1.165, 1.54) is 6.07 Å². The predicted molar refractivity (Wildman–Crippen MR) is 128 cm³/mol. The van der Waals surface area contributed by atoms with Gasteiger partial charge < -0.3 is 15.0 Å². The maximum absolute atomic E-state index is 12.5. The number of primary sulfonamides is 1. The van der Waals surface area contributed by atoms with Crippen molar-refractivity contribution >= 4 is 44.7 Å². The van der Waals surface area contributed by atoms with E-state index < -0.39 is 10.0 Å². The van der Waals surface area contributed by atoms with Crippen molar-refractivity contribution in [2.45, 2.75) is 24.7 Å². The number of hydrogen-bond donors (Lipinski definition) is 2. The van der Waals surface area contributed by atoms with Crippen molar-refractivity contribution in [3.63, 3.8) is 0 Å². The number of para-hydroxylation sites is 1. The fourth-order valence-corrected chi connectivity index (χ4v) is 5.03. The van der Waals surface area contributed by atoms with Crippen LogP contribution in [0.5, 0.6) is 11.5 Å². The Labute approximate surface area is 188 Å². The third kappa shape index (κ3) is 5.87. The molecule has 9 heteroatoms. The van der Waals surface area contributed by atoms with Crippen molar-refractivity contribution in [2.24, 2.45) is 5.14 Å². The van der Waals surface area contributed by atoms with Gasteiger partial charge in [-0.2, -0.15) is 11.8 Å². The predicted octanol–water partition coefficient (Wildman–Crippen LogP) is 4.06. The average molecular weight is 466 g/mol. The van der Waals surface area contributed by atoms with E-state index in [4.69, 9.17) is 22.1 Å². The molecule has 0 unspecified atom stereocenters. The Kier molecular flexibility index (Phi) is 7.99. The van der Waals surface area contributed by atoms with Crippen molar-refractivity contribution in [1.29, 1.82) is 0 Å². The van der Waals surface area contributed by atoms with E-state index in [0.29, 0.717) is 28.5 Å². The molecule has 0 aromatic heterocycles. The van der Waals surface area contributed by atoms with E-state index in [1.54, 1.807) is 12.1 Å². The minimum Gasteiger partial charge on any atom is -0.454 e. The molecule has 0 bridgehead atoms. The summed E-state index contributed by atoms with van der Waals surface area (Å²) in [6.07, 6.45) is 1.95. The monoisotopic (exact) mass is 465 g/mol. The molecule has 3 N–H and O–H groups in total. The summed E-state index contributed by atoms with van der Waals surface area (Å²) in [7, 11) is -4.04. The van der Waals surface area contributed by atoms with Crippen LogP contribution >= 0.6 is 24.0 Å². The van der Waals surface area contributed by atoms with Crippen LogP contribution in [0.3, 0.4) is 0 Å². The number of hydrogen-bond acceptors (Lipinski definition) is 6. The maximum Gasteiger partial charge on any atom is 0.241 e. The fourth-order valence-electron chi connectivity index (χ4n) is 3.13. The zero-order valence-corrected chi connectivity index (χ0v) is 19.4. The van der Waals surface area contributed by atoms with Crippen LogP contribution in [0.15, 0.2) is 47.4 Å². The quantitative estimate of drug-likeness (QED) is 0.449. The van der Waals surface area contributed by atoms with Crippen LogP contribution in [0.1, 0.15) is 25.3 Å². The first-order valence-electron chi connectivity index (χ1n) is 9.94. The molecule has 0 amide bonds. The molecule has 1 fully saturated rings. The molecule has 0 saturated carbocycles. The number of thiocarbonyl (C=S) groups is 1. The molecular formula is C21H27N3O3S3. The Morgan fingerprint density at radius 3 is 2.57 bits per heavy atom. The Bertz CT molecular complexity index is 976. The van der Waals surface area contributed by atoms with E-state index >= 15 is 0 Å². The molecule has 2 aromatic carbocycles. The second-order valence-corrected chi connectivity index (χ2v) is 10.1. The van der Waals surface area contributed by atoms with Gasteiger partial charge in [-0.1, -0.05) is 43.8 Å². The van der Waals surface area contributed by atoms with E-state index in [-0.39, 0.29) is 10.6 Å². The van der Waals surface area contributed by atoms with Gasteiger partial charge in [-0.15, -0.1) is 0 Å². The molecule has 1 aliphatic rings. The summed E-state index contributed by atoms with van der Waals surface area (Å²) < 4.78 is 31.0. The summed E-state index contributed by atoms with van der Waals surface area (Å²) in [5.74, 6) is 2.72. The van der Waals surface area contributed by atoms with Gasteiger partial charge in [0.1, 0.15) is 15.6 Å². The van der Waals surface area contributed by atoms with Crippen LogP contribution in [0.25, 0.3) is 0 Å². The van der Waals surface area contributed by atoms with E-state index in [0.717, 1.165) is 37.4 Å². The number of nitrogens with zero attached hydrogens (tertiary/aromatic N) is 1. The molecule has 162 valence electrons. The molecule has 0 aliphatic carbocycles. The van der Waals surface area contributed by atoms with E-state index in [9.17, 15) is 8.42 Å². The molecule has 1 heterocycles. The van der Waals surface area contributed by atoms with Crippen LogP contribution < -0.4 is 15.2 Å². The normalized spacial score (nSPS) is 14.4. The number of nitrogens with one attached hydrogen (secondary N) is 1. The topological polar surface area (TPSA) is 84.7 Å². The Hall–Kier alpha value is -1.81. The lowest BCUT2D eigenvalue weighted by Gasteiger charge is -2.29. The highest BCUT2D eigenvalue weighted by molar-refractivity contribution is 7.99. The average Bonchev–Trinajstić information content (AvgIpc) is 2.75. The molecule has 2 aromatic rings. The summed E-state index contributed by atoms with van der Waals surface area (Å²) in [5.41, 5.74) is 1.22. The fraction of sp³-hybridized carbons (Fsp3) is 0.381. The summed E-state index contributed by atoms with van der Waals surface area (Å²) in [6.45, 7) is 4.46. The van der Waals surface area contributed by atoms with Gasteiger partial charge in [0.05, 0.1) is 5.69 Å². The van der Waals surface area contributed by atoms with Crippen molar-refractivity contribution in [2.75, 3.05) is 36.5 Å². The van der Waals surface area contributed by atoms with Crippen molar-refractivity contribution in [3.05, 3.63) is 48.0 Å². The Morgan fingerprint density at radius 2 is 1.93 bits per heavy atom. The summed E-state index contributed by atoms with van der Waals surface area (Å²) >= 11 is 7.59. The summed E-state index contributed by atoms with van der Waals surface area (Å²) in [4.78, 5) is 2.67. The second-order valence-electron chi connectivity index (χ2n) is 7.00. The Balaban J connectivity index is 2.07. The largest absolute Gasteiger partial charge is 0.454 e. The summed E-state index contributed by atoms with van der Waals surface area (Å²) in [5, 5.41) is 8.90. The minimum atomic E-state index is -4.04. The van der Waals surface area contributed by atoms with Crippen LogP contribution in [-0.4, -0.2) is 49.4 Å². The lowest BCUT2D eigenvalue weighted by atomic mass is 10.1. The standard InChI is InChI=1S/C21H27N3O3S3/c1-2-3-9-23-18-14-16(21(28)24-10-12-29-13-11-24)15-19(30(22,25)26)20(18)27-17-7-5-4-6-8-17/h4-8,14-15,23H,2-3,9-13H2,1H3,(H2,22,25,26). The maximum atomic E-state index is 12.5. The molecule has 30 heavy (non-hydrogen) atoms. The molecule has 1 saturated heterocycles. The number of nitrogens with two attached hydrogens (primary N) is 1. The number of unbranched alkanes of at least 4 members (excludes halogenated alkanes) is 1. The number of sulfonamides is 1. The van der Waals surface area contributed by atoms with Crippen LogP contribution in [-0.2, 0) is 10.0 Å². The minimum absolute atomic E-state index is 0.0726. The van der Waals surface area contributed by atoms with Crippen molar-refractivity contribution in [1.82, 2.24) is 4.90 Å². The molecule has 0 spiro atoms. The number of anilines is 1. The number of benzene rings is 2. The third-order valence-corrected chi connectivity index (χ3v) is 7.07. The number of thioether (sulfide) groups is 1. The lowest BCUT2D eigenvalue weighted by molar-refractivity contribution is 0.466. The molecule has 6 nitrogen and oxygen atoms in total. The first-order valence-corrected chi connectivity index (χ1v) is 13.1. The number of ether oxygens (including phenoxy) is 1. The van der Waals surface area contributed by atoms with Gasteiger partial charge >= 0.3 is 0 Å². The van der Waals surface area contributed by atoms with Crippen molar-refractivity contribution in [3.8, 4) is 11.5 Å². The molecule has 3 rings (SSSR count). The highest BCUT2D eigenvalue weighted by Crippen LogP contribution is 2.37. The van der Waals surface area contributed by atoms with Gasteiger partial charge in [-0.05, 0) is 30.7 Å². The first kappa shape index (κ1) is 22.9. The van der Waals surface area contributed by atoms with Gasteiger partial charge in [0.2, 0.25) is 10.0 Å². The van der Waals surface area contributed by atoms with Gasteiger partial charge in [-0.25, -0.2) is 13.6 Å². The Morgan fingerprint density at radius 1 is 1.23 bits per heavy atom. The highest BCUT2D eigenvalue weighted by Gasteiger charge is 2.24. The first-order chi connectivity index (χ1) is 14.4. The van der Waals surface area contributed by atoms with Crippen LogP contribution in [0, 0.1) is 0 Å². The second kappa shape index (κ2) is 10.5. The van der Waals surface area contributed by atoms with Gasteiger partial charge in [0.25, 0.3) is 0 Å². The van der Waals surface area contributed by atoms with Gasteiger partial charge in [-0.3, -0.25) is 0 Å². The zero-order valence-electron chi connectivity index (χ0n) is 17.0. The molecule has 1 aliphatic heterocycles. The van der Waals surface area contributed by atoms with E-state index in [2.05, 4.69) is 17.1 Å². The lowest BCUT2D eigenvalue weighted by Crippen LogP contribution is -2.37. The van der Waals surface area contributed by atoms with Crippen molar-refractivity contribution < 1.29 is 13.2 Å². The van der Waals surface area contributed by atoms with Crippen LogP contribution in [0.2, 0.25) is 0 Å². The zero-order chi connectivity index (χ0) is 21.6. The molecule has 0 atom stereocenters. The number of rotatable bonds is 8.